The highest BCUT2D eigenvalue weighted by molar-refractivity contribution is 7.14. The van der Waals surface area contributed by atoms with Gasteiger partial charge in [-0.05, 0) is 31.9 Å². The number of nitrogens with zero attached hydrogens (tertiary/aromatic N) is 3. The van der Waals surface area contributed by atoms with Crippen molar-refractivity contribution in [1.29, 1.82) is 0 Å². The van der Waals surface area contributed by atoms with E-state index in [1.807, 2.05) is 25.1 Å². The van der Waals surface area contributed by atoms with Crippen LogP contribution in [0.2, 0.25) is 0 Å². The van der Waals surface area contributed by atoms with Crippen molar-refractivity contribution in [3.63, 3.8) is 0 Å². The second-order valence-corrected chi connectivity index (χ2v) is 6.55. The van der Waals surface area contributed by atoms with Crippen LogP contribution in [0.5, 0.6) is 0 Å². The van der Waals surface area contributed by atoms with Gasteiger partial charge in [-0.25, -0.2) is 0 Å². The Bertz CT molecular complexity index is 792. The highest BCUT2D eigenvalue weighted by Crippen LogP contribution is 2.31. The SMILES string of the molecule is Cc1cc(-c2nnc(CNC3CC3)s2)c2ccccc2n1. The van der Waals surface area contributed by atoms with E-state index in [2.05, 4.69) is 32.6 Å². The Morgan fingerprint density at radius 1 is 1.24 bits per heavy atom. The monoisotopic (exact) mass is 296 g/mol. The molecule has 5 heteroatoms. The van der Waals surface area contributed by atoms with E-state index in [4.69, 9.17) is 0 Å². The normalized spacial score (nSPS) is 14.7. The molecule has 2 heterocycles. The summed E-state index contributed by atoms with van der Waals surface area (Å²) >= 11 is 1.67. The highest BCUT2D eigenvalue weighted by atomic mass is 32.1. The molecule has 1 aliphatic carbocycles. The molecule has 1 N–H and O–H groups in total. The van der Waals surface area contributed by atoms with Crippen LogP contribution in [0.25, 0.3) is 21.5 Å². The Morgan fingerprint density at radius 2 is 2.10 bits per heavy atom. The Hall–Kier alpha value is -1.85. The molecule has 0 aliphatic heterocycles. The third kappa shape index (κ3) is 2.66. The second kappa shape index (κ2) is 5.16. The largest absolute Gasteiger partial charge is 0.308 e. The van der Waals surface area contributed by atoms with Crippen LogP contribution < -0.4 is 5.32 Å². The van der Waals surface area contributed by atoms with Gasteiger partial charge >= 0.3 is 0 Å². The summed E-state index contributed by atoms with van der Waals surface area (Å²) in [5, 5.41) is 15.3. The van der Waals surface area contributed by atoms with E-state index in [1.165, 1.54) is 12.8 Å². The minimum absolute atomic E-state index is 0.696. The fourth-order valence-electron chi connectivity index (χ4n) is 2.44. The molecule has 21 heavy (non-hydrogen) atoms. The number of fused-ring (bicyclic) bond motifs is 1. The lowest BCUT2D eigenvalue weighted by molar-refractivity contribution is 0.679. The molecule has 1 aromatic carbocycles. The fraction of sp³-hybridized carbons (Fsp3) is 0.312. The Kier molecular flexibility index (Phi) is 3.16. The maximum absolute atomic E-state index is 4.58. The Balaban J connectivity index is 1.71. The van der Waals surface area contributed by atoms with E-state index in [0.29, 0.717) is 6.04 Å². The van der Waals surface area contributed by atoms with Crippen LogP contribution in [-0.2, 0) is 6.54 Å². The molecule has 3 aromatic rings. The second-order valence-electron chi connectivity index (χ2n) is 5.48. The number of rotatable bonds is 4. The van der Waals surface area contributed by atoms with Crippen molar-refractivity contribution in [2.45, 2.75) is 32.4 Å². The zero-order chi connectivity index (χ0) is 14.2. The minimum Gasteiger partial charge on any atom is -0.308 e. The Morgan fingerprint density at radius 3 is 2.95 bits per heavy atom. The summed E-state index contributed by atoms with van der Waals surface area (Å²) in [6, 6.07) is 11.0. The van der Waals surface area contributed by atoms with Crippen molar-refractivity contribution < 1.29 is 0 Å². The molecule has 4 rings (SSSR count). The van der Waals surface area contributed by atoms with Crippen LogP contribution in [-0.4, -0.2) is 21.2 Å². The van der Waals surface area contributed by atoms with Crippen LogP contribution in [0.15, 0.2) is 30.3 Å². The number of nitrogens with one attached hydrogen (secondary N) is 1. The average Bonchev–Trinajstić information content (AvgIpc) is 3.21. The molecule has 0 saturated heterocycles. The molecule has 0 spiro atoms. The van der Waals surface area contributed by atoms with Gasteiger partial charge in [0.2, 0.25) is 0 Å². The van der Waals surface area contributed by atoms with Gasteiger partial charge in [-0.2, -0.15) is 0 Å². The predicted octanol–water partition coefficient (Wildman–Crippen LogP) is 3.31. The van der Waals surface area contributed by atoms with Crippen LogP contribution >= 0.6 is 11.3 Å². The smallest absolute Gasteiger partial charge is 0.148 e. The lowest BCUT2D eigenvalue weighted by atomic mass is 10.1. The van der Waals surface area contributed by atoms with E-state index in [1.54, 1.807) is 11.3 Å². The molecule has 0 atom stereocenters. The number of pyridine rings is 1. The molecule has 0 unspecified atom stereocenters. The van der Waals surface area contributed by atoms with Gasteiger partial charge in [0.05, 0.1) is 5.52 Å². The van der Waals surface area contributed by atoms with Crippen LogP contribution in [0.3, 0.4) is 0 Å². The van der Waals surface area contributed by atoms with Gasteiger partial charge in [0.25, 0.3) is 0 Å². The summed E-state index contributed by atoms with van der Waals surface area (Å²) < 4.78 is 0. The summed E-state index contributed by atoms with van der Waals surface area (Å²) in [5.74, 6) is 0. The van der Waals surface area contributed by atoms with Crippen molar-refractivity contribution in [3.05, 3.63) is 41.0 Å². The van der Waals surface area contributed by atoms with E-state index < -0.39 is 0 Å². The molecule has 1 fully saturated rings. The van der Waals surface area contributed by atoms with Gasteiger partial charge in [-0.1, -0.05) is 29.5 Å². The molecule has 2 aromatic heterocycles. The fourth-order valence-corrected chi connectivity index (χ4v) is 3.26. The summed E-state index contributed by atoms with van der Waals surface area (Å²) in [7, 11) is 0. The van der Waals surface area contributed by atoms with E-state index in [-0.39, 0.29) is 0 Å². The van der Waals surface area contributed by atoms with Crippen molar-refractivity contribution in [2.75, 3.05) is 0 Å². The zero-order valence-corrected chi connectivity index (χ0v) is 12.7. The van der Waals surface area contributed by atoms with Crippen molar-refractivity contribution in [1.82, 2.24) is 20.5 Å². The number of aryl methyl sites for hydroxylation is 1. The number of benzene rings is 1. The summed E-state index contributed by atoms with van der Waals surface area (Å²) in [6.07, 6.45) is 2.58. The maximum Gasteiger partial charge on any atom is 0.148 e. The van der Waals surface area contributed by atoms with Gasteiger partial charge < -0.3 is 5.32 Å². The molecule has 1 saturated carbocycles. The third-order valence-electron chi connectivity index (χ3n) is 3.66. The molecule has 106 valence electrons. The number of aromatic nitrogens is 3. The minimum atomic E-state index is 0.696. The molecule has 1 aliphatic rings. The van der Waals surface area contributed by atoms with Crippen molar-refractivity contribution >= 4 is 22.2 Å². The summed E-state index contributed by atoms with van der Waals surface area (Å²) in [5.41, 5.74) is 3.16. The molecule has 0 amide bonds. The van der Waals surface area contributed by atoms with Crippen LogP contribution in [0.4, 0.5) is 0 Å². The van der Waals surface area contributed by atoms with E-state index in [0.717, 1.165) is 38.7 Å². The topological polar surface area (TPSA) is 50.7 Å². The zero-order valence-electron chi connectivity index (χ0n) is 11.8. The third-order valence-corrected chi connectivity index (χ3v) is 4.62. The summed E-state index contributed by atoms with van der Waals surface area (Å²) in [6.45, 7) is 2.84. The summed E-state index contributed by atoms with van der Waals surface area (Å²) in [4.78, 5) is 4.58. The van der Waals surface area contributed by atoms with Crippen LogP contribution in [0.1, 0.15) is 23.5 Å². The number of hydrogen-bond donors (Lipinski definition) is 1. The predicted molar refractivity (Wildman–Crippen MR) is 85.2 cm³/mol. The average molecular weight is 296 g/mol. The van der Waals surface area contributed by atoms with E-state index >= 15 is 0 Å². The Labute approximate surface area is 127 Å². The van der Waals surface area contributed by atoms with Crippen molar-refractivity contribution in [2.24, 2.45) is 0 Å². The lowest BCUT2D eigenvalue weighted by Gasteiger charge is -2.04. The molecular formula is C16H16N4S. The number of hydrogen-bond acceptors (Lipinski definition) is 5. The maximum atomic E-state index is 4.58. The van der Waals surface area contributed by atoms with Crippen molar-refractivity contribution in [3.8, 4) is 10.6 Å². The standard InChI is InChI=1S/C16H16N4S/c1-10-8-13(12-4-2-3-5-14(12)18-10)16-20-19-15(21-16)9-17-11-6-7-11/h2-5,8,11,17H,6-7,9H2,1H3. The van der Waals surface area contributed by atoms with Gasteiger partial charge in [0.15, 0.2) is 0 Å². The van der Waals surface area contributed by atoms with Gasteiger partial charge in [-0.3, -0.25) is 4.98 Å². The van der Waals surface area contributed by atoms with E-state index in [9.17, 15) is 0 Å². The van der Waals surface area contributed by atoms with Crippen LogP contribution in [0, 0.1) is 6.92 Å². The van der Waals surface area contributed by atoms with Gasteiger partial charge in [0.1, 0.15) is 10.0 Å². The molecular weight excluding hydrogens is 280 g/mol. The van der Waals surface area contributed by atoms with Gasteiger partial charge in [0, 0.05) is 29.2 Å². The molecule has 0 bridgehead atoms. The van der Waals surface area contributed by atoms with Gasteiger partial charge in [-0.15, -0.1) is 10.2 Å². The first-order valence-corrected chi connectivity index (χ1v) is 8.04. The molecule has 0 radical (unpaired) electrons. The highest BCUT2D eigenvalue weighted by Gasteiger charge is 2.21. The quantitative estimate of drug-likeness (QED) is 0.802. The first-order valence-electron chi connectivity index (χ1n) is 7.22. The first-order chi connectivity index (χ1) is 10.3. The lowest BCUT2D eigenvalue weighted by Crippen LogP contribution is -2.14. The number of para-hydroxylation sites is 1. The molecule has 4 nitrogen and oxygen atoms in total. The first kappa shape index (κ1) is 12.9.